The van der Waals surface area contributed by atoms with E-state index >= 15 is 0 Å². The third kappa shape index (κ3) is 5.16. The molecule has 0 bridgehead atoms. The number of benzene rings is 1. The number of hydrogen-bond acceptors (Lipinski definition) is 6. The van der Waals surface area contributed by atoms with Crippen molar-refractivity contribution in [1.29, 1.82) is 0 Å². The van der Waals surface area contributed by atoms with Crippen LogP contribution in [-0.2, 0) is 5.41 Å². The summed E-state index contributed by atoms with van der Waals surface area (Å²) in [5.74, 6) is 8.39. The molecule has 1 aromatic heterocycles. The second-order valence-electron chi connectivity index (χ2n) is 8.38. The van der Waals surface area contributed by atoms with Crippen LogP contribution in [0.25, 0.3) is 0 Å². The van der Waals surface area contributed by atoms with Gasteiger partial charge in [-0.1, -0.05) is 23.7 Å². The molecule has 31 heavy (non-hydrogen) atoms. The van der Waals surface area contributed by atoms with Crippen molar-refractivity contribution in [3.63, 3.8) is 0 Å². The Morgan fingerprint density at radius 2 is 1.87 bits per heavy atom. The first-order valence-corrected chi connectivity index (χ1v) is 12.3. The van der Waals surface area contributed by atoms with Gasteiger partial charge in [0, 0.05) is 6.20 Å². The molecule has 2 aromatic rings. The average molecular weight is 439 g/mol. The van der Waals surface area contributed by atoms with E-state index in [0.717, 1.165) is 66.4 Å². The van der Waals surface area contributed by atoms with Crippen molar-refractivity contribution in [2.75, 3.05) is 13.4 Å². The lowest BCUT2D eigenvalue weighted by Gasteiger charge is -2.35. The Bertz CT molecular complexity index is 955. The van der Waals surface area contributed by atoms with Gasteiger partial charge in [-0.05, 0) is 87.3 Å². The summed E-state index contributed by atoms with van der Waals surface area (Å²) >= 11 is 1.51. The highest BCUT2D eigenvalue weighted by Gasteiger charge is 2.36. The van der Waals surface area contributed by atoms with E-state index in [2.05, 4.69) is 33.9 Å². The van der Waals surface area contributed by atoms with Crippen LogP contribution in [0.1, 0.15) is 62.6 Å². The van der Waals surface area contributed by atoms with Gasteiger partial charge in [-0.15, -0.1) is 0 Å². The van der Waals surface area contributed by atoms with Crippen molar-refractivity contribution in [3.05, 3.63) is 41.7 Å². The first kappa shape index (κ1) is 22.0. The smallest absolute Gasteiger partial charge is 0.188 e. The maximum absolute atomic E-state index is 10.2. The number of ether oxygens (including phenoxy) is 2. The highest BCUT2D eigenvalue weighted by atomic mass is 32.2. The summed E-state index contributed by atoms with van der Waals surface area (Å²) in [5.41, 5.74) is 1.50. The topological polar surface area (TPSA) is 64.5 Å². The fourth-order valence-corrected chi connectivity index (χ4v) is 4.88. The van der Waals surface area contributed by atoms with Gasteiger partial charge >= 0.3 is 0 Å². The molecule has 2 aliphatic carbocycles. The van der Waals surface area contributed by atoms with Gasteiger partial charge in [-0.2, -0.15) is 0 Å². The molecule has 0 amide bonds. The van der Waals surface area contributed by atoms with Gasteiger partial charge in [-0.3, -0.25) is 0 Å². The fraction of sp³-hybridized carbons (Fsp3) is 0.520. The molecule has 6 heteroatoms. The van der Waals surface area contributed by atoms with Crippen LogP contribution in [0, 0.1) is 11.8 Å². The largest absolute Gasteiger partial charge is 0.493 e. The summed E-state index contributed by atoms with van der Waals surface area (Å²) in [7, 11) is 1.68. The molecule has 0 unspecified atom stereocenters. The zero-order chi connectivity index (χ0) is 21.7. The molecule has 0 radical (unpaired) electrons. The molecule has 0 spiro atoms. The van der Waals surface area contributed by atoms with Crippen LogP contribution < -0.4 is 9.47 Å². The standard InChI is InChI=1S/C25H30N2O3S/c1-29-22-8-7-18(17-23(22)30-21-5-3-4-6-21)25(14-10-20(28)11-15-25)13-9-19-12-16-26-24(27-19)31-2/h7-8,12,16-17,20-21,28H,3-6,10-11,14-15H2,1-2H3. The highest BCUT2D eigenvalue weighted by Crippen LogP contribution is 2.43. The van der Waals surface area contributed by atoms with E-state index < -0.39 is 0 Å². The van der Waals surface area contributed by atoms with Crippen molar-refractivity contribution in [1.82, 2.24) is 9.97 Å². The van der Waals surface area contributed by atoms with Crippen LogP contribution >= 0.6 is 11.8 Å². The van der Waals surface area contributed by atoms with Crippen LogP contribution in [-0.4, -0.2) is 40.6 Å². The monoisotopic (exact) mass is 438 g/mol. The van der Waals surface area contributed by atoms with E-state index in [4.69, 9.17) is 9.47 Å². The van der Waals surface area contributed by atoms with Crippen LogP contribution in [0.4, 0.5) is 0 Å². The molecule has 164 valence electrons. The second-order valence-corrected chi connectivity index (χ2v) is 9.16. The first-order valence-electron chi connectivity index (χ1n) is 11.1. The summed E-state index contributed by atoms with van der Waals surface area (Å²) in [5, 5.41) is 10.9. The Morgan fingerprint density at radius 3 is 2.58 bits per heavy atom. The predicted octanol–water partition coefficient (Wildman–Crippen LogP) is 4.75. The SMILES string of the molecule is COc1ccc(C2(C#Cc3ccnc(SC)n3)CCC(O)CC2)cc1OC1CCCC1. The molecule has 1 N–H and O–H groups in total. The number of aliphatic hydroxyl groups is 1. The van der Waals surface area contributed by atoms with E-state index in [1.807, 2.05) is 18.4 Å². The van der Waals surface area contributed by atoms with E-state index in [1.165, 1.54) is 24.6 Å². The van der Waals surface area contributed by atoms with Gasteiger partial charge in [0.25, 0.3) is 0 Å². The van der Waals surface area contributed by atoms with E-state index in [0.29, 0.717) is 0 Å². The third-order valence-electron chi connectivity index (χ3n) is 6.37. The minimum atomic E-state index is -0.343. The van der Waals surface area contributed by atoms with Crippen molar-refractivity contribution in [2.45, 2.75) is 74.1 Å². The number of rotatable bonds is 5. The summed E-state index contributed by atoms with van der Waals surface area (Å²) in [6.07, 6.45) is 11.4. The Kier molecular flexibility index (Phi) is 7.04. The molecular formula is C25H30N2O3S. The molecule has 2 saturated carbocycles. The van der Waals surface area contributed by atoms with Gasteiger partial charge in [0.2, 0.25) is 0 Å². The minimum absolute atomic E-state index is 0.255. The molecular weight excluding hydrogens is 408 g/mol. The molecule has 2 fully saturated rings. The normalized spacial score (nSPS) is 23.8. The lowest BCUT2D eigenvalue weighted by Crippen LogP contribution is -2.32. The number of nitrogens with zero attached hydrogens (tertiary/aromatic N) is 2. The van der Waals surface area contributed by atoms with Gasteiger partial charge in [0.1, 0.15) is 5.69 Å². The molecule has 0 aliphatic heterocycles. The van der Waals surface area contributed by atoms with Gasteiger partial charge in [-0.25, -0.2) is 9.97 Å². The predicted molar refractivity (Wildman–Crippen MR) is 123 cm³/mol. The number of aromatic nitrogens is 2. The van der Waals surface area contributed by atoms with Crippen LogP contribution in [0.15, 0.2) is 35.6 Å². The molecule has 2 aliphatic rings. The Morgan fingerprint density at radius 1 is 1.10 bits per heavy atom. The van der Waals surface area contributed by atoms with Crippen molar-refractivity contribution < 1.29 is 14.6 Å². The maximum atomic E-state index is 10.2. The van der Waals surface area contributed by atoms with Crippen molar-refractivity contribution in [3.8, 4) is 23.3 Å². The van der Waals surface area contributed by atoms with E-state index in [-0.39, 0.29) is 17.6 Å². The number of methoxy groups -OCH3 is 1. The molecule has 4 rings (SSSR count). The average Bonchev–Trinajstić information content (AvgIpc) is 3.32. The van der Waals surface area contributed by atoms with Crippen molar-refractivity contribution in [2.24, 2.45) is 0 Å². The van der Waals surface area contributed by atoms with E-state index in [9.17, 15) is 5.11 Å². The van der Waals surface area contributed by atoms with Gasteiger partial charge in [0.05, 0.1) is 24.7 Å². The first-order chi connectivity index (χ1) is 15.1. The second kappa shape index (κ2) is 9.93. The zero-order valence-corrected chi connectivity index (χ0v) is 19.1. The van der Waals surface area contributed by atoms with Crippen molar-refractivity contribution >= 4 is 11.8 Å². The molecule has 5 nitrogen and oxygen atoms in total. The summed E-state index contributed by atoms with van der Waals surface area (Å²) in [4.78, 5) is 8.75. The number of aliphatic hydroxyl groups excluding tert-OH is 1. The number of thioether (sulfide) groups is 1. The molecule has 1 heterocycles. The fourth-order valence-electron chi connectivity index (χ4n) is 4.53. The lowest BCUT2D eigenvalue weighted by atomic mass is 9.69. The van der Waals surface area contributed by atoms with Crippen LogP contribution in [0.5, 0.6) is 11.5 Å². The Hall–Kier alpha value is -2.23. The van der Waals surface area contributed by atoms with Gasteiger partial charge in [0.15, 0.2) is 16.7 Å². The Labute approximate surface area is 189 Å². The third-order valence-corrected chi connectivity index (χ3v) is 6.93. The minimum Gasteiger partial charge on any atom is -0.493 e. The molecule has 0 atom stereocenters. The quantitative estimate of drug-likeness (QED) is 0.413. The molecule has 0 saturated heterocycles. The lowest BCUT2D eigenvalue weighted by molar-refractivity contribution is 0.110. The highest BCUT2D eigenvalue weighted by molar-refractivity contribution is 7.98. The summed E-state index contributed by atoms with van der Waals surface area (Å²) < 4.78 is 11.9. The Balaban J connectivity index is 1.70. The van der Waals surface area contributed by atoms with Gasteiger partial charge < -0.3 is 14.6 Å². The summed E-state index contributed by atoms with van der Waals surface area (Å²) in [6, 6.07) is 8.04. The van der Waals surface area contributed by atoms with Crippen LogP contribution in [0.2, 0.25) is 0 Å². The van der Waals surface area contributed by atoms with Crippen LogP contribution in [0.3, 0.4) is 0 Å². The number of hydrogen-bond donors (Lipinski definition) is 1. The summed E-state index contributed by atoms with van der Waals surface area (Å²) in [6.45, 7) is 0. The maximum Gasteiger partial charge on any atom is 0.188 e. The molecule has 1 aromatic carbocycles. The zero-order valence-electron chi connectivity index (χ0n) is 18.3. The van der Waals surface area contributed by atoms with E-state index in [1.54, 1.807) is 13.3 Å².